The van der Waals surface area contributed by atoms with Gasteiger partial charge in [0.15, 0.2) is 0 Å². The number of ether oxygens (including phenoxy) is 1. The SMILES string of the molecule is Cc1ccc(-c2c(Br)cccc2OCc2ccc(F)cc2)n1-c1cc(C(=O)O)cc(N2CCCC2=O)c1. The van der Waals surface area contributed by atoms with Gasteiger partial charge in [0, 0.05) is 34.5 Å². The van der Waals surface area contributed by atoms with Gasteiger partial charge in [-0.05, 0) is 89.4 Å². The molecule has 0 bridgehead atoms. The monoisotopic (exact) mass is 562 g/mol. The normalized spacial score (nSPS) is 13.3. The van der Waals surface area contributed by atoms with E-state index in [1.54, 1.807) is 29.2 Å². The molecule has 4 aromatic rings. The highest BCUT2D eigenvalue weighted by atomic mass is 79.9. The largest absolute Gasteiger partial charge is 0.488 e. The number of carboxylic acids is 1. The molecular weight excluding hydrogens is 539 g/mol. The molecule has 1 saturated heterocycles. The minimum atomic E-state index is -1.06. The third kappa shape index (κ3) is 5.02. The highest BCUT2D eigenvalue weighted by molar-refractivity contribution is 9.10. The molecule has 1 aliphatic heterocycles. The van der Waals surface area contributed by atoms with Gasteiger partial charge in [-0.15, -0.1) is 0 Å². The minimum absolute atomic E-state index is 0.0137. The number of carbonyl (C=O) groups excluding carboxylic acids is 1. The van der Waals surface area contributed by atoms with Crippen LogP contribution in [0.15, 0.2) is 77.3 Å². The van der Waals surface area contributed by atoms with Crippen molar-refractivity contribution in [3.8, 4) is 22.7 Å². The Balaban J connectivity index is 1.60. The van der Waals surface area contributed by atoms with E-state index in [4.69, 9.17) is 4.74 Å². The summed E-state index contributed by atoms with van der Waals surface area (Å²) in [5.74, 6) is -0.772. The van der Waals surface area contributed by atoms with Gasteiger partial charge in [-0.1, -0.05) is 18.2 Å². The highest BCUT2D eigenvalue weighted by Gasteiger charge is 2.25. The Morgan fingerprint density at radius 3 is 2.51 bits per heavy atom. The summed E-state index contributed by atoms with van der Waals surface area (Å²) in [4.78, 5) is 26.1. The molecule has 37 heavy (non-hydrogen) atoms. The first kappa shape index (κ1) is 24.8. The zero-order chi connectivity index (χ0) is 26.1. The lowest BCUT2D eigenvalue weighted by Crippen LogP contribution is -2.24. The number of halogens is 2. The lowest BCUT2D eigenvalue weighted by Gasteiger charge is -2.21. The molecule has 0 radical (unpaired) electrons. The summed E-state index contributed by atoms with van der Waals surface area (Å²) in [7, 11) is 0. The molecule has 1 aliphatic rings. The fraction of sp³-hybridized carbons (Fsp3) is 0.172. The first-order valence-electron chi connectivity index (χ1n) is 11.9. The Hall–Kier alpha value is -3.91. The second-order valence-electron chi connectivity index (χ2n) is 8.92. The van der Waals surface area contributed by atoms with E-state index in [2.05, 4.69) is 15.9 Å². The van der Waals surface area contributed by atoms with Crippen LogP contribution in [-0.4, -0.2) is 28.1 Å². The Kier molecular flexibility index (Phi) is 6.84. The third-order valence-electron chi connectivity index (χ3n) is 6.41. The van der Waals surface area contributed by atoms with E-state index in [1.165, 1.54) is 12.1 Å². The summed E-state index contributed by atoms with van der Waals surface area (Å²) >= 11 is 3.66. The maximum atomic E-state index is 13.3. The zero-order valence-electron chi connectivity index (χ0n) is 20.1. The number of hydrogen-bond donors (Lipinski definition) is 1. The maximum absolute atomic E-state index is 13.3. The van der Waals surface area contributed by atoms with Gasteiger partial charge in [0.05, 0.1) is 16.8 Å². The molecule has 3 aromatic carbocycles. The van der Waals surface area contributed by atoms with Gasteiger partial charge in [0.2, 0.25) is 5.91 Å². The number of aryl methyl sites for hydroxylation is 1. The third-order valence-corrected chi connectivity index (χ3v) is 7.07. The first-order chi connectivity index (χ1) is 17.8. The molecule has 0 spiro atoms. The van der Waals surface area contributed by atoms with Crippen molar-refractivity contribution >= 4 is 33.5 Å². The average Bonchev–Trinajstić information content (AvgIpc) is 3.48. The van der Waals surface area contributed by atoms with E-state index < -0.39 is 5.97 Å². The highest BCUT2D eigenvalue weighted by Crippen LogP contribution is 2.40. The molecule has 8 heteroatoms. The number of benzene rings is 3. The molecule has 188 valence electrons. The van der Waals surface area contributed by atoms with Crippen LogP contribution < -0.4 is 9.64 Å². The number of nitrogens with zero attached hydrogens (tertiary/aromatic N) is 2. The predicted molar refractivity (Wildman–Crippen MR) is 143 cm³/mol. The number of carbonyl (C=O) groups is 2. The molecule has 1 aromatic heterocycles. The van der Waals surface area contributed by atoms with Gasteiger partial charge in [-0.3, -0.25) is 4.79 Å². The van der Waals surface area contributed by atoms with Crippen LogP contribution in [0.4, 0.5) is 10.1 Å². The van der Waals surface area contributed by atoms with Crippen molar-refractivity contribution in [1.29, 1.82) is 0 Å². The lowest BCUT2D eigenvalue weighted by molar-refractivity contribution is -0.117. The van der Waals surface area contributed by atoms with Crippen LogP contribution in [0.5, 0.6) is 5.75 Å². The molecule has 0 aliphatic carbocycles. The lowest BCUT2D eigenvalue weighted by atomic mass is 10.1. The topological polar surface area (TPSA) is 71.8 Å². The van der Waals surface area contributed by atoms with Crippen LogP contribution in [0.1, 0.15) is 34.5 Å². The van der Waals surface area contributed by atoms with Crippen molar-refractivity contribution in [2.75, 3.05) is 11.4 Å². The Morgan fingerprint density at radius 1 is 1.05 bits per heavy atom. The summed E-state index contributed by atoms with van der Waals surface area (Å²) < 4.78 is 22.2. The Morgan fingerprint density at radius 2 is 1.81 bits per heavy atom. The Bertz CT molecular complexity index is 1500. The van der Waals surface area contributed by atoms with Crippen molar-refractivity contribution in [2.45, 2.75) is 26.4 Å². The fourth-order valence-corrected chi connectivity index (χ4v) is 5.17. The van der Waals surface area contributed by atoms with Crippen molar-refractivity contribution in [3.05, 3.63) is 99.9 Å². The van der Waals surface area contributed by atoms with Gasteiger partial charge >= 0.3 is 5.97 Å². The van der Waals surface area contributed by atoms with Gasteiger partial charge in [0.25, 0.3) is 0 Å². The number of aromatic nitrogens is 1. The molecule has 1 fully saturated rings. The molecule has 0 unspecified atom stereocenters. The number of aromatic carboxylic acids is 1. The average molecular weight is 563 g/mol. The van der Waals surface area contributed by atoms with Crippen LogP contribution in [0.3, 0.4) is 0 Å². The molecule has 1 N–H and O–H groups in total. The van der Waals surface area contributed by atoms with Crippen molar-refractivity contribution in [2.24, 2.45) is 0 Å². The van der Waals surface area contributed by atoms with E-state index in [0.29, 0.717) is 30.1 Å². The molecule has 0 saturated carbocycles. The molecular formula is C29H24BrFN2O4. The van der Waals surface area contributed by atoms with Crippen LogP contribution in [-0.2, 0) is 11.4 Å². The van der Waals surface area contributed by atoms with Crippen LogP contribution in [0, 0.1) is 12.7 Å². The fourth-order valence-electron chi connectivity index (χ4n) is 4.62. The van der Waals surface area contributed by atoms with E-state index in [0.717, 1.165) is 33.4 Å². The molecule has 2 heterocycles. The number of carboxylic acid groups (broad SMARTS) is 1. The maximum Gasteiger partial charge on any atom is 0.335 e. The quantitative estimate of drug-likeness (QED) is 0.270. The molecule has 6 nitrogen and oxygen atoms in total. The second kappa shape index (κ2) is 10.2. The van der Waals surface area contributed by atoms with Crippen LogP contribution in [0.2, 0.25) is 0 Å². The van der Waals surface area contributed by atoms with E-state index in [9.17, 15) is 19.1 Å². The molecule has 0 atom stereocenters. The minimum Gasteiger partial charge on any atom is -0.488 e. The summed E-state index contributed by atoms with van der Waals surface area (Å²) in [5, 5.41) is 9.82. The van der Waals surface area contributed by atoms with Crippen molar-refractivity contribution < 1.29 is 23.8 Å². The number of amides is 1. The Labute approximate surface area is 222 Å². The van der Waals surface area contributed by atoms with Gasteiger partial charge < -0.3 is 19.3 Å². The van der Waals surface area contributed by atoms with E-state index in [1.807, 2.05) is 47.9 Å². The predicted octanol–water partition coefficient (Wildman–Crippen LogP) is 6.76. The standard InChI is InChI=1S/C29H24BrFN2O4/c1-18-7-12-25(28-24(30)4-2-5-26(28)37-17-19-8-10-21(31)11-9-19)33(18)23-15-20(29(35)36)14-22(16-23)32-13-3-6-27(32)34/h2,4-5,7-12,14-16H,3,6,13,17H2,1H3,(H,35,36). The summed E-state index contributed by atoms with van der Waals surface area (Å²) in [6, 6.07) is 20.7. The van der Waals surface area contributed by atoms with Crippen LogP contribution in [0.25, 0.3) is 16.9 Å². The molecule has 1 amide bonds. The number of rotatable bonds is 7. The summed E-state index contributed by atoms with van der Waals surface area (Å²) in [5.41, 5.74) is 4.59. The van der Waals surface area contributed by atoms with E-state index in [-0.39, 0.29) is 23.9 Å². The van der Waals surface area contributed by atoms with Gasteiger partial charge in [-0.25, -0.2) is 9.18 Å². The van der Waals surface area contributed by atoms with Crippen molar-refractivity contribution in [1.82, 2.24) is 4.57 Å². The van der Waals surface area contributed by atoms with Crippen LogP contribution >= 0.6 is 15.9 Å². The zero-order valence-corrected chi connectivity index (χ0v) is 21.7. The van der Waals surface area contributed by atoms with Crippen molar-refractivity contribution in [3.63, 3.8) is 0 Å². The molecule has 5 rings (SSSR count). The summed E-state index contributed by atoms with van der Waals surface area (Å²) in [6.07, 6.45) is 1.19. The van der Waals surface area contributed by atoms with Gasteiger partial charge in [0.1, 0.15) is 18.2 Å². The summed E-state index contributed by atoms with van der Waals surface area (Å²) in [6.45, 7) is 2.75. The number of anilines is 1. The van der Waals surface area contributed by atoms with Gasteiger partial charge in [-0.2, -0.15) is 0 Å². The second-order valence-corrected chi connectivity index (χ2v) is 9.77. The smallest absolute Gasteiger partial charge is 0.335 e. The first-order valence-corrected chi connectivity index (χ1v) is 12.6. The number of hydrogen-bond acceptors (Lipinski definition) is 3. The van der Waals surface area contributed by atoms with E-state index >= 15 is 0 Å².